The molecule has 0 amide bonds. The van der Waals surface area contributed by atoms with Crippen LogP contribution < -0.4 is 0 Å². The first kappa shape index (κ1) is 17.3. The van der Waals surface area contributed by atoms with Gasteiger partial charge in [-0.05, 0) is 36.4 Å². The number of aromatic nitrogens is 2. The molecule has 1 fully saturated rings. The molecule has 1 saturated heterocycles. The molecule has 1 aromatic carbocycles. The monoisotopic (exact) mass is 393 g/mol. The zero-order chi connectivity index (χ0) is 18.1. The normalized spacial score (nSPS) is 18.9. The summed E-state index contributed by atoms with van der Waals surface area (Å²) in [7, 11) is -3.90. The molecule has 1 atom stereocenters. The molecule has 3 heterocycles. The molecular formula is C17H16FN3O3S2. The maximum absolute atomic E-state index is 14.0. The van der Waals surface area contributed by atoms with Gasteiger partial charge in [0.2, 0.25) is 21.8 Å². The number of hydrogen-bond acceptors (Lipinski definition) is 6. The van der Waals surface area contributed by atoms with Gasteiger partial charge in [0, 0.05) is 24.0 Å². The van der Waals surface area contributed by atoms with E-state index in [1.807, 2.05) is 16.8 Å². The third kappa shape index (κ3) is 3.17. The Hall–Kier alpha value is -2.10. The lowest BCUT2D eigenvalue weighted by atomic mass is 10.00. The van der Waals surface area contributed by atoms with Crippen LogP contribution in [0.5, 0.6) is 0 Å². The fourth-order valence-corrected chi connectivity index (χ4v) is 5.28. The molecule has 2 aromatic heterocycles. The van der Waals surface area contributed by atoms with Crippen LogP contribution in [-0.4, -0.2) is 36.0 Å². The van der Waals surface area contributed by atoms with E-state index in [4.69, 9.17) is 4.42 Å². The van der Waals surface area contributed by atoms with Crippen LogP contribution in [0, 0.1) is 5.82 Å². The van der Waals surface area contributed by atoms with Crippen molar-refractivity contribution in [2.45, 2.75) is 23.7 Å². The second-order valence-corrected chi connectivity index (χ2v) is 8.78. The van der Waals surface area contributed by atoms with Gasteiger partial charge in [-0.15, -0.1) is 10.2 Å². The summed E-state index contributed by atoms with van der Waals surface area (Å²) >= 11 is 1.53. The molecule has 6 nitrogen and oxygen atoms in total. The Kier molecular flexibility index (Phi) is 4.60. The molecule has 0 bridgehead atoms. The van der Waals surface area contributed by atoms with E-state index in [1.165, 1.54) is 33.8 Å². The third-order valence-corrected chi connectivity index (χ3v) is 6.98. The second kappa shape index (κ2) is 6.90. The number of rotatable bonds is 4. The summed E-state index contributed by atoms with van der Waals surface area (Å²) in [6.07, 6.45) is 1.39. The minimum absolute atomic E-state index is 0.196. The summed E-state index contributed by atoms with van der Waals surface area (Å²) in [6, 6.07) is 7.31. The molecule has 0 aliphatic carbocycles. The number of sulfonamides is 1. The number of hydrogen-bond donors (Lipinski definition) is 0. The van der Waals surface area contributed by atoms with E-state index in [-0.39, 0.29) is 17.4 Å². The minimum Gasteiger partial charge on any atom is -0.420 e. The number of benzene rings is 1. The lowest BCUT2D eigenvalue weighted by Crippen LogP contribution is -2.39. The molecule has 1 aliphatic rings. The van der Waals surface area contributed by atoms with Gasteiger partial charge in [0.15, 0.2) is 0 Å². The fraction of sp³-hybridized carbons (Fsp3) is 0.294. The first-order valence-corrected chi connectivity index (χ1v) is 10.5. The highest BCUT2D eigenvalue weighted by molar-refractivity contribution is 7.89. The molecule has 9 heteroatoms. The van der Waals surface area contributed by atoms with E-state index in [2.05, 4.69) is 10.2 Å². The van der Waals surface area contributed by atoms with Gasteiger partial charge < -0.3 is 4.42 Å². The maximum atomic E-state index is 14.0. The lowest BCUT2D eigenvalue weighted by molar-refractivity contribution is 0.285. The summed E-state index contributed by atoms with van der Waals surface area (Å²) in [6.45, 7) is 0.542. The van der Waals surface area contributed by atoms with Crippen molar-refractivity contribution in [2.24, 2.45) is 0 Å². The van der Waals surface area contributed by atoms with Crippen molar-refractivity contribution >= 4 is 21.4 Å². The van der Waals surface area contributed by atoms with Gasteiger partial charge in [-0.1, -0.05) is 12.1 Å². The van der Waals surface area contributed by atoms with Gasteiger partial charge in [-0.3, -0.25) is 0 Å². The predicted molar refractivity (Wildman–Crippen MR) is 94.7 cm³/mol. The van der Waals surface area contributed by atoms with Gasteiger partial charge in [-0.25, -0.2) is 12.8 Å². The van der Waals surface area contributed by atoms with E-state index in [0.717, 1.165) is 18.1 Å². The van der Waals surface area contributed by atoms with Crippen molar-refractivity contribution in [3.05, 3.63) is 52.8 Å². The Morgan fingerprint density at radius 2 is 2.08 bits per heavy atom. The average molecular weight is 393 g/mol. The number of nitrogens with zero attached hydrogens (tertiary/aromatic N) is 3. The van der Waals surface area contributed by atoms with E-state index < -0.39 is 15.8 Å². The Balaban J connectivity index is 1.57. The third-order valence-electron chi connectivity index (χ3n) is 4.40. The molecule has 136 valence electrons. The average Bonchev–Trinajstić information content (AvgIpc) is 3.33. The Morgan fingerprint density at radius 3 is 2.85 bits per heavy atom. The highest BCUT2D eigenvalue weighted by atomic mass is 32.2. The first-order chi connectivity index (χ1) is 12.6. The van der Waals surface area contributed by atoms with Crippen LogP contribution in [0.3, 0.4) is 0 Å². The highest BCUT2D eigenvalue weighted by Crippen LogP contribution is 2.32. The van der Waals surface area contributed by atoms with Crippen LogP contribution in [0.4, 0.5) is 4.39 Å². The standard InChI is InChI=1S/C17H16FN3O3S2/c18-14-5-1-2-6-15(14)26(22,23)21-8-3-4-12(10-21)16-19-20-17(24-16)13-7-9-25-11-13/h1-2,5-7,9,11-12H,3-4,8,10H2/t12-/m1/s1. The van der Waals surface area contributed by atoms with E-state index in [0.29, 0.717) is 24.7 Å². The van der Waals surface area contributed by atoms with Crippen LogP contribution in [0.15, 0.2) is 50.4 Å². The summed E-state index contributed by atoms with van der Waals surface area (Å²) in [5, 5.41) is 12.0. The van der Waals surface area contributed by atoms with Gasteiger partial charge in [-0.2, -0.15) is 15.6 Å². The van der Waals surface area contributed by atoms with Gasteiger partial charge in [0.05, 0.1) is 5.92 Å². The van der Waals surface area contributed by atoms with Crippen LogP contribution >= 0.6 is 11.3 Å². The molecule has 0 unspecified atom stereocenters. The van der Waals surface area contributed by atoms with Crippen molar-refractivity contribution in [3.8, 4) is 11.5 Å². The summed E-state index contributed by atoms with van der Waals surface area (Å²) in [5.74, 6) is -0.104. The zero-order valence-electron chi connectivity index (χ0n) is 13.7. The fourth-order valence-electron chi connectivity index (χ4n) is 3.06. The van der Waals surface area contributed by atoms with Crippen LogP contribution in [0.2, 0.25) is 0 Å². The topological polar surface area (TPSA) is 76.3 Å². The Morgan fingerprint density at radius 1 is 1.23 bits per heavy atom. The van der Waals surface area contributed by atoms with Crippen molar-refractivity contribution < 1.29 is 17.2 Å². The quantitative estimate of drug-likeness (QED) is 0.678. The van der Waals surface area contributed by atoms with Crippen molar-refractivity contribution in [3.63, 3.8) is 0 Å². The molecule has 0 spiro atoms. The highest BCUT2D eigenvalue weighted by Gasteiger charge is 2.34. The molecule has 0 saturated carbocycles. The molecule has 0 radical (unpaired) electrons. The molecule has 0 N–H and O–H groups in total. The molecule has 1 aliphatic heterocycles. The Bertz CT molecular complexity index is 1000. The van der Waals surface area contributed by atoms with Crippen molar-refractivity contribution in [1.82, 2.24) is 14.5 Å². The van der Waals surface area contributed by atoms with Gasteiger partial charge >= 0.3 is 0 Å². The van der Waals surface area contributed by atoms with E-state index in [1.54, 1.807) is 0 Å². The largest absolute Gasteiger partial charge is 0.420 e. The second-order valence-electron chi connectivity index (χ2n) is 6.09. The van der Waals surface area contributed by atoms with Gasteiger partial charge in [0.1, 0.15) is 10.7 Å². The molecule has 4 rings (SSSR count). The summed E-state index contributed by atoms with van der Waals surface area (Å²) in [4.78, 5) is -0.301. The van der Waals surface area contributed by atoms with Crippen LogP contribution in [0.25, 0.3) is 11.5 Å². The predicted octanol–water partition coefficient (Wildman–Crippen LogP) is 3.51. The molecule has 3 aromatic rings. The van der Waals surface area contributed by atoms with Crippen molar-refractivity contribution in [2.75, 3.05) is 13.1 Å². The van der Waals surface area contributed by atoms with Gasteiger partial charge in [0.25, 0.3) is 0 Å². The number of piperidine rings is 1. The lowest BCUT2D eigenvalue weighted by Gasteiger charge is -2.30. The van der Waals surface area contributed by atoms with E-state index >= 15 is 0 Å². The van der Waals surface area contributed by atoms with Crippen molar-refractivity contribution in [1.29, 1.82) is 0 Å². The number of halogens is 1. The van der Waals surface area contributed by atoms with Crippen LogP contribution in [-0.2, 0) is 10.0 Å². The minimum atomic E-state index is -3.90. The Labute approximate surface area is 154 Å². The smallest absolute Gasteiger partial charge is 0.248 e. The molecular weight excluding hydrogens is 377 g/mol. The zero-order valence-corrected chi connectivity index (χ0v) is 15.3. The number of thiophene rings is 1. The first-order valence-electron chi connectivity index (χ1n) is 8.16. The van der Waals surface area contributed by atoms with Crippen LogP contribution in [0.1, 0.15) is 24.7 Å². The summed E-state index contributed by atoms with van der Waals surface area (Å²) in [5.41, 5.74) is 0.848. The summed E-state index contributed by atoms with van der Waals surface area (Å²) < 4.78 is 46.6. The SMILES string of the molecule is O=S(=O)(c1ccccc1F)N1CCC[C@@H](c2nnc(-c3ccsc3)o2)C1. The molecule has 26 heavy (non-hydrogen) atoms. The van der Waals surface area contributed by atoms with E-state index in [9.17, 15) is 12.8 Å². The maximum Gasteiger partial charge on any atom is 0.248 e.